The number of carbonyl (C=O) groups excluding carboxylic acids is 1. The first-order valence-electron chi connectivity index (χ1n) is 11.2. The van der Waals surface area contributed by atoms with Crippen LogP contribution in [0.2, 0.25) is 0 Å². The number of likely N-dealkylation sites (tertiary alicyclic amines) is 1. The number of carbonyl (C=O) groups is 1. The van der Waals surface area contributed by atoms with E-state index in [2.05, 4.69) is 68.2 Å². The van der Waals surface area contributed by atoms with Crippen LogP contribution in [0.5, 0.6) is 5.75 Å². The van der Waals surface area contributed by atoms with E-state index in [1.165, 1.54) is 31.5 Å². The summed E-state index contributed by atoms with van der Waals surface area (Å²) in [5.74, 6) is 1.63. The predicted octanol–water partition coefficient (Wildman–Crippen LogP) is 5.26. The molecule has 2 aromatic rings. The van der Waals surface area contributed by atoms with Crippen molar-refractivity contribution < 1.29 is 9.53 Å². The van der Waals surface area contributed by atoms with Crippen LogP contribution in [0.4, 0.5) is 0 Å². The molecule has 2 heterocycles. The number of nitrogens with one attached hydrogen (secondary N) is 1. The van der Waals surface area contributed by atoms with Crippen molar-refractivity contribution >= 4 is 5.91 Å². The first kappa shape index (κ1) is 20.9. The van der Waals surface area contributed by atoms with Gasteiger partial charge in [0.25, 0.3) is 5.91 Å². The van der Waals surface area contributed by atoms with Crippen LogP contribution in [0.1, 0.15) is 73.1 Å². The molecule has 1 N–H and O–H groups in total. The van der Waals surface area contributed by atoms with Crippen molar-refractivity contribution in [2.45, 2.75) is 65.1 Å². The molecule has 1 saturated heterocycles. The van der Waals surface area contributed by atoms with E-state index in [0.717, 1.165) is 35.8 Å². The lowest BCUT2D eigenvalue weighted by Gasteiger charge is -2.38. The monoisotopic (exact) mass is 406 g/mol. The summed E-state index contributed by atoms with van der Waals surface area (Å²) in [4.78, 5) is 15.5. The van der Waals surface area contributed by atoms with Crippen molar-refractivity contribution in [2.75, 3.05) is 13.1 Å². The SMILES string of the molecule is Cc1ccc2c(c1)OC(C)(C)C[C@@H]2NC(=O)c1ccc(CN2CCC[C@H](C)C2)cc1. The van der Waals surface area contributed by atoms with Crippen LogP contribution in [0, 0.1) is 12.8 Å². The molecule has 4 heteroatoms. The minimum absolute atomic E-state index is 0.0256. The minimum atomic E-state index is -0.311. The molecular formula is C26H34N2O2. The van der Waals surface area contributed by atoms with E-state index in [4.69, 9.17) is 4.74 Å². The molecule has 0 bridgehead atoms. The van der Waals surface area contributed by atoms with Crippen molar-refractivity contribution in [3.8, 4) is 5.75 Å². The smallest absolute Gasteiger partial charge is 0.251 e. The largest absolute Gasteiger partial charge is 0.487 e. The Bertz CT molecular complexity index is 904. The lowest BCUT2D eigenvalue weighted by molar-refractivity contribution is 0.0619. The van der Waals surface area contributed by atoms with E-state index in [0.29, 0.717) is 5.56 Å². The Kier molecular flexibility index (Phi) is 5.88. The highest BCUT2D eigenvalue weighted by Crippen LogP contribution is 2.40. The first-order valence-corrected chi connectivity index (χ1v) is 11.2. The van der Waals surface area contributed by atoms with Crippen LogP contribution in [-0.4, -0.2) is 29.5 Å². The summed E-state index contributed by atoms with van der Waals surface area (Å²) < 4.78 is 6.16. The van der Waals surface area contributed by atoms with Gasteiger partial charge in [-0.15, -0.1) is 0 Å². The Morgan fingerprint density at radius 3 is 2.70 bits per heavy atom. The number of aryl methyl sites for hydroxylation is 1. The standard InChI is InChI=1S/C26H34N2O2/c1-18-7-12-22-23(15-26(3,4)30-24(22)14-18)27-25(29)21-10-8-20(9-11-21)17-28-13-5-6-19(2)16-28/h7-12,14,19,23H,5-6,13,15-17H2,1-4H3,(H,27,29)/t19-,23-/m0/s1. The second kappa shape index (κ2) is 8.43. The molecule has 4 rings (SSSR count). The second-order valence-electron chi connectivity index (χ2n) is 9.81. The Balaban J connectivity index is 1.44. The molecule has 30 heavy (non-hydrogen) atoms. The van der Waals surface area contributed by atoms with Gasteiger partial charge in [-0.3, -0.25) is 9.69 Å². The van der Waals surface area contributed by atoms with Crippen LogP contribution in [-0.2, 0) is 6.54 Å². The topological polar surface area (TPSA) is 41.6 Å². The maximum Gasteiger partial charge on any atom is 0.251 e. The quantitative estimate of drug-likeness (QED) is 0.753. The van der Waals surface area contributed by atoms with Crippen molar-refractivity contribution in [3.63, 3.8) is 0 Å². The van der Waals surface area contributed by atoms with E-state index in [-0.39, 0.29) is 17.6 Å². The third-order valence-electron chi connectivity index (χ3n) is 6.30. The third kappa shape index (κ3) is 4.86. The van der Waals surface area contributed by atoms with Crippen molar-refractivity contribution in [2.24, 2.45) is 5.92 Å². The summed E-state index contributed by atoms with van der Waals surface area (Å²) in [5, 5.41) is 3.24. The van der Waals surface area contributed by atoms with Crippen LogP contribution in [0.15, 0.2) is 42.5 Å². The van der Waals surface area contributed by atoms with Crippen molar-refractivity contribution in [1.29, 1.82) is 0 Å². The van der Waals surface area contributed by atoms with Gasteiger partial charge in [-0.2, -0.15) is 0 Å². The van der Waals surface area contributed by atoms with Gasteiger partial charge in [-0.05, 0) is 75.4 Å². The number of amides is 1. The van der Waals surface area contributed by atoms with E-state index in [1.807, 2.05) is 12.1 Å². The van der Waals surface area contributed by atoms with Gasteiger partial charge in [0.05, 0.1) is 6.04 Å². The van der Waals surface area contributed by atoms with Gasteiger partial charge in [0.2, 0.25) is 0 Å². The molecule has 0 aromatic heterocycles. The molecule has 0 radical (unpaired) electrons. The van der Waals surface area contributed by atoms with Crippen LogP contribution in [0.25, 0.3) is 0 Å². The summed E-state index contributed by atoms with van der Waals surface area (Å²) in [6.45, 7) is 11.8. The molecule has 1 fully saturated rings. The zero-order valence-corrected chi connectivity index (χ0v) is 18.7. The summed E-state index contributed by atoms with van der Waals surface area (Å²) >= 11 is 0. The van der Waals surface area contributed by atoms with E-state index in [1.54, 1.807) is 0 Å². The Morgan fingerprint density at radius 2 is 1.97 bits per heavy atom. The Labute approximate surface area is 180 Å². The maximum atomic E-state index is 13.0. The molecule has 0 spiro atoms. The van der Waals surface area contributed by atoms with Gasteiger partial charge in [0.15, 0.2) is 0 Å². The highest BCUT2D eigenvalue weighted by molar-refractivity contribution is 5.94. The lowest BCUT2D eigenvalue weighted by Crippen LogP contribution is -2.41. The first-order chi connectivity index (χ1) is 14.3. The highest BCUT2D eigenvalue weighted by atomic mass is 16.5. The summed E-state index contributed by atoms with van der Waals surface area (Å²) in [7, 11) is 0. The van der Waals surface area contributed by atoms with Crippen molar-refractivity contribution in [1.82, 2.24) is 10.2 Å². The number of piperidine rings is 1. The van der Waals surface area contributed by atoms with Gasteiger partial charge >= 0.3 is 0 Å². The average Bonchev–Trinajstić information content (AvgIpc) is 2.67. The number of hydrogen-bond acceptors (Lipinski definition) is 3. The molecular weight excluding hydrogens is 372 g/mol. The van der Waals surface area contributed by atoms with Gasteiger partial charge in [0, 0.05) is 30.6 Å². The zero-order chi connectivity index (χ0) is 21.3. The fraction of sp³-hybridized carbons (Fsp3) is 0.500. The fourth-order valence-electron chi connectivity index (χ4n) is 4.78. The molecule has 2 aliphatic rings. The fourth-order valence-corrected chi connectivity index (χ4v) is 4.78. The average molecular weight is 407 g/mol. The number of benzene rings is 2. The van der Waals surface area contributed by atoms with Crippen LogP contribution >= 0.6 is 0 Å². The molecule has 2 aromatic carbocycles. The van der Waals surface area contributed by atoms with Gasteiger partial charge in [-0.25, -0.2) is 0 Å². The number of nitrogens with zero attached hydrogens (tertiary/aromatic N) is 1. The number of rotatable bonds is 4. The van der Waals surface area contributed by atoms with Gasteiger partial charge in [0.1, 0.15) is 11.4 Å². The molecule has 1 amide bonds. The number of fused-ring (bicyclic) bond motifs is 1. The lowest BCUT2D eigenvalue weighted by atomic mass is 9.89. The Hall–Kier alpha value is -2.33. The normalized spacial score (nSPS) is 23.3. The molecule has 0 unspecified atom stereocenters. The third-order valence-corrected chi connectivity index (χ3v) is 6.30. The summed E-state index contributed by atoms with van der Waals surface area (Å²) in [6.07, 6.45) is 3.37. The van der Waals surface area contributed by atoms with E-state index >= 15 is 0 Å². The summed E-state index contributed by atoms with van der Waals surface area (Å²) in [5.41, 5.74) is 3.89. The van der Waals surface area contributed by atoms with Crippen LogP contribution < -0.4 is 10.1 Å². The highest BCUT2D eigenvalue weighted by Gasteiger charge is 2.34. The molecule has 160 valence electrons. The molecule has 2 atom stereocenters. The number of hydrogen-bond donors (Lipinski definition) is 1. The molecule has 2 aliphatic heterocycles. The maximum absolute atomic E-state index is 13.0. The van der Waals surface area contributed by atoms with Crippen LogP contribution in [0.3, 0.4) is 0 Å². The van der Waals surface area contributed by atoms with E-state index in [9.17, 15) is 4.79 Å². The Morgan fingerprint density at radius 1 is 1.20 bits per heavy atom. The van der Waals surface area contributed by atoms with Gasteiger partial charge < -0.3 is 10.1 Å². The predicted molar refractivity (Wildman–Crippen MR) is 121 cm³/mol. The second-order valence-corrected chi connectivity index (χ2v) is 9.81. The summed E-state index contributed by atoms with van der Waals surface area (Å²) in [6, 6.07) is 14.3. The molecule has 4 nitrogen and oxygen atoms in total. The zero-order valence-electron chi connectivity index (χ0n) is 18.7. The van der Waals surface area contributed by atoms with E-state index < -0.39 is 0 Å². The van der Waals surface area contributed by atoms with Crippen molar-refractivity contribution in [3.05, 3.63) is 64.7 Å². The molecule has 0 aliphatic carbocycles. The minimum Gasteiger partial charge on any atom is -0.487 e. The molecule has 0 saturated carbocycles. The van der Waals surface area contributed by atoms with Gasteiger partial charge in [-0.1, -0.05) is 31.2 Å². The number of ether oxygens (including phenoxy) is 1.